The van der Waals surface area contributed by atoms with E-state index in [2.05, 4.69) is 5.32 Å². The number of sulfone groups is 1. The highest BCUT2D eigenvalue weighted by molar-refractivity contribution is 7.91. The standard InChI is InChI=1S/C14H21F2NO2S/c1-4-20(18,19)9-11(3)17-8-10(2)12-5-6-13(15)14(16)7-12/h5-7,10-11,17H,4,8-9H2,1-3H3/t10-,11+/m1/s1. The molecule has 114 valence electrons. The summed E-state index contributed by atoms with van der Waals surface area (Å²) in [7, 11) is -3.02. The van der Waals surface area contributed by atoms with Crippen LogP contribution in [-0.4, -0.2) is 32.5 Å². The molecule has 20 heavy (non-hydrogen) atoms. The fraction of sp³-hybridized carbons (Fsp3) is 0.571. The first-order valence-corrected chi connectivity index (χ1v) is 8.46. The predicted molar refractivity (Wildman–Crippen MR) is 76.6 cm³/mol. The Bertz CT molecular complexity index is 546. The zero-order valence-electron chi connectivity index (χ0n) is 12.0. The summed E-state index contributed by atoms with van der Waals surface area (Å²) >= 11 is 0. The van der Waals surface area contributed by atoms with E-state index in [-0.39, 0.29) is 23.5 Å². The van der Waals surface area contributed by atoms with Crippen molar-refractivity contribution in [2.45, 2.75) is 32.7 Å². The normalized spacial score (nSPS) is 15.1. The van der Waals surface area contributed by atoms with Crippen LogP contribution in [0.25, 0.3) is 0 Å². The van der Waals surface area contributed by atoms with Crippen molar-refractivity contribution in [2.75, 3.05) is 18.1 Å². The van der Waals surface area contributed by atoms with Crippen LogP contribution in [0.15, 0.2) is 18.2 Å². The van der Waals surface area contributed by atoms with Gasteiger partial charge < -0.3 is 5.32 Å². The average molecular weight is 305 g/mol. The van der Waals surface area contributed by atoms with Gasteiger partial charge in [0.25, 0.3) is 0 Å². The molecule has 0 saturated carbocycles. The van der Waals surface area contributed by atoms with Crippen molar-refractivity contribution in [1.82, 2.24) is 5.32 Å². The van der Waals surface area contributed by atoms with Gasteiger partial charge in [0.05, 0.1) is 5.75 Å². The first-order chi connectivity index (χ1) is 9.25. The molecule has 1 N–H and O–H groups in total. The second-order valence-electron chi connectivity index (χ2n) is 5.08. The Labute approximate surface area is 119 Å². The Hall–Kier alpha value is -1.01. The molecule has 0 aromatic heterocycles. The third kappa shape index (κ3) is 5.17. The van der Waals surface area contributed by atoms with Crippen LogP contribution in [0.5, 0.6) is 0 Å². The summed E-state index contributed by atoms with van der Waals surface area (Å²) < 4.78 is 48.9. The van der Waals surface area contributed by atoms with E-state index in [0.717, 1.165) is 6.07 Å². The lowest BCUT2D eigenvalue weighted by Gasteiger charge is -2.18. The zero-order chi connectivity index (χ0) is 15.3. The van der Waals surface area contributed by atoms with E-state index in [9.17, 15) is 17.2 Å². The van der Waals surface area contributed by atoms with Crippen molar-refractivity contribution in [1.29, 1.82) is 0 Å². The fourth-order valence-electron chi connectivity index (χ4n) is 1.87. The Morgan fingerprint density at radius 1 is 1.20 bits per heavy atom. The molecule has 2 atom stereocenters. The van der Waals surface area contributed by atoms with Gasteiger partial charge in [-0.25, -0.2) is 17.2 Å². The Balaban J connectivity index is 2.54. The van der Waals surface area contributed by atoms with E-state index in [1.165, 1.54) is 12.1 Å². The Kier molecular flexibility index (Phi) is 6.07. The molecule has 1 aromatic carbocycles. The lowest BCUT2D eigenvalue weighted by molar-refractivity contribution is 0.501. The van der Waals surface area contributed by atoms with E-state index < -0.39 is 21.5 Å². The van der Waals surface area contributed by atoms with Crippen molar-refractivity contribution in [3.63, 3.8) is 0 Å². The molecular weight excluding hydrogens is 284 g/mol. The third-order valence-electron chi connectivity index (χ3n) is 3.23. The van der Waals surface area contributed by atoms with Crippen molar-refractivity contribution in [3.8, 4) is 0 Å². The number of hydrogen-bond acceptors (Lipinski definition) is 3. The van der Waals surface area contributed by atoms with Crippen LogP contribution < -0.4 is 5.32 Å². The molecule has 0 spiro atoms. The fourth-order valence-corrected chi connectivity index (χ4v) is 2.99. The van der Waals surface area contributed by atoms with Gasteiger partial charge in [-0.2, -0.15) is 0 Å². The highest BCUT2D eigenvalue weighted by atomic mass is 32.2. The lowest BCUT2D eigenvalue weighted by Crippen LogP contribution is -2.35. The molecule has 0 aliphatic heterocycles. The van der Waals surface area contributed by atoms with Crippen molar-refractivity contribution >= 4 is 9.84 Å². The van der Waals surface area contributed by atoms with E-state index in [1.54, 1.807) is 13.8 Å². The second kappa shape index (κ2) is 7.13. The van der Waals surface area contributed by atoms with Gasteiger partial charge >= 0.3 is 0 Å². The topological polar surface area (TPSA) is 46.2 Å². The number of nitrogens with one attached hydrogen (secondary N) is 1. The maximum absolute atomic E-state index is 13.1. The van der Waals surface area contributed by atoms with E-state index >= 15 is 0 Å². The van der Waals surface area contributed by atoms with Crippen molar-refractivity contribution < 1.29 is 17.2 Å². The molecule has 0 amide bonds. The molecule has 3 nitrogen and oxygen atoms in total. The van der Waals surface area contributed by atoms with Crippen LogP contribution in [0.2, 0.25) is 0 Å². The van der Waals surface area contributed by atoms with Crippen molar-refractivity contribution in [3.05, 3.63) is 35.4 Å². The van der Waals surface area contributed by atoms with Crippen molar-refractivity contribution in [2.24, 2.45) is 0 Å². The number of rotatable bonds is 7. The van der Waals surface area contributed by atoms with Gasteiger partial charge in [0.2, 0.25) is 0 Å². The van der Waals surface area contributed by atoms with Crippen LogP contribution in [0, 0.1) is 11.6 Å². The quantitative estimate of drug-likeness (QED) is 0.842. The second-order valence-corrected chi connectivity index (χ2v) is 7.48. The largest absolute Gasteiger partial charge is 0.313 e. The molecule has 0 heterocycles. The predicted octanol–water partition coefficient (Wildman–Crippen LogP) is 2.48. The first-order valence-electron chi connectivity index (χ1n) is 6.64. The van der Waals surface area contributed by atoms with E-state index in [0.29, 0.717) is 12.1 Å². The smallest absolute Gasteiger partial charge is 0.159 e. The molecule has 0 bridgehead atoms. The van der Waals surface area contributed by atoms with Crippen LogP contribution in [0.3, 0.4) is 0 Å². The molecule has 6 heteroatoms. The minimum atomic E-state index is -3.02. The van der Waals surface area contributed by atoms with Crippen LogP contribution >= 0.6 is 0 Å². The third-order valence-corrected chi connectivity index (χ3v) is 5.12. The number of hydrogen-bond donors (Lipinski definition) is 1. The van der Waals surface area contributed by atoms with Gasteiger partial charge in [-0.1, -0.05) is 19.9 Å². The van der Waals surface area contributed by atoms with Gasteiger partial charge in [-0.3, -0.25) is 0 Å². The summed E-state index contributed by atoms with van der Waals surface area (Å²) in [5.74, 6) is -1.56. The van der Waals surface area contributed by atoms with Gasteiger partial charge in [0.1, 0.15) is 0 Å². The van der Waals surface area contributed by atoms with Crippen LogP contribution in [-0.2, 0) is 9.84 Å². The molecule has 0 unspecified atom stereocenters. The summed E-state index contributed by atoms with van der Waals surface area (Å²) in [6.45, 7) is 5.79. The Morgan fingerprint density at radius 3 is 2.40 bits per heavy atom. The molecule has 0 fully saturated rings. The highest BCUT2D eigenvalue weighted by Crippen LogP contribution is 2.17. The lowest BCUT2D eigenvalue weighted by atomic mass is 10.0. The molecule has 1 rings (SSSR count). The maximum atomic E-state index is 13.1. The minimum Gasteiger partial charge on any atom is -0.313 e. The van der Waals surface area contributed by atoms with Crippen LogP contribution in [0.4, 0.5) is 8.78 Å². The summed E-state index contributed by atoms with van der Waals surface area (Å²) in [5.41, 5.74) is 0.682. The highest BCUT2D eigenvalue weighted by Gasteiger charge is 2.15. The molecule has 1 aromatic rings. The first kappa shape index (κ1) is 17.0. The summed E-state index contributed by atoms with van der Waals surface area (Å²) in [6.07, 6.45) is 0. The molecular formula is C14H21F2NO2S. The molecule has 0 saturated heterocycles. The zero-order valence-corrected chi connectivity index (χ0v) is 12.8. The van der Waals surface area contributed by atoms with Gasteiger partial charge in [0, 0.05) is 18.3 Å². The number of benzene rings is 1. The van der Waals surface area contributed by atoms with E-state index in [4.69, 9.17) is 0 Å². The maximum Gasteiger partial charge on any atom is 0.159 e. The van der Waals surface area contributed by atoms with Gasteiger partial charge in [-0.15, -0.1) is 0 Å². The van der Waals surface area contributed by atoms with E-state index in [1.807, 2.05) is 6.92 Å². The van der Waals surface area contributed by atoms with Gasteiger partial charge in [0.15, 0.2) is 21.5 Å². The monoisotopic (exact) mass is 305 g/mol. The molecule has 0 aliphatic carbocycles. The average Bonchev–Trinajstić information content (AvgIpc) is 2.38. The SMILES string of the molecule is CCS(=O)(=O)C[C@H](C)NC[C@@H](C)c1ccc(F)c(F)c1. The summed E-state index contributed by atoms with van der Waals surface area (Å²) in [5, 5.41) is 3.11. The molecule has 0 radical (unpaired) electrons. The van der Waals surface area contributed by atoms with Crippen LogP contribution in [0.1, 0.15) is 32.3 Å². The van der Waals surface area contributed by atoms with Gasteiger partial charge in [-0.05, 0) is 30.5 Å². The molecule has 0 aliphatic rings. The number of halogens is 2. The minimum absolute atomic E-state index is 0.0307. The Morgan fingerprint density at radius 2 is 1.85 bits per heavy atom. The summed E-state index contributed by atoms with van der Waals surface area (Å²) in [6, 6.07) is 3.65. The summed E-state index contributed by atoms with van der Waals surface area (Å²) in [4.78, 5) is 0.